The summed E-state index contributed by atoms with van der Waals surface area (Å²) in [5, 5.41) is 3.45. The lowest BCUT2D eigenvalue weighted by molar-refractivity contribution is 0.542. The van der Waals surface area contributed by atoms with E-state index in [0.29, 0.717) is 0 Å². The number of halogens is 1. The molecule has 0 amide bonds. The van der Waals surface area contributed by atoms with Gasteiger partial charge in [0.1, 0.15) is 5.82 Å². The highest BCUT2D eigenvalue weighted by Gasteiger charge is 2.14. The smallest absolute Gasteiger partial charge is 0.123 e. The Labute approximate surface area is 113 Å². The molecule has 0 aliphatic heterocycles. The van der Waals surface area contributed by atoms with Gasteiger partial charge in [0.25, 0.3) is 0 Å². The van der Waals surface area contributed by atoms with E-state index in [4.69, 9.17) is 0 Å². The second-order valence-electron chi connectivity index (χ2n) is 4.62. The van der Waals surface area contributed by atoms with Crippen molar-refractivity contribution in [2.24, 2.45) is 0 Å². The lowest BCUT2D eigenvalue weighted by Crippen LogP contribution is -2.24. The van der Waals surface area contributed by atoms with Crippen molar-refractivity contribution in [1.82, 2.24) is 10.3 Å². The van der Waals surface area contributed by atoms with Gasteiger partial charge in [-0.05, 0) is 49.2 Å². The number of hydrogen-bond acceptors (Lipinski definition) is 2. The number of aromatic nitrogens is 1. The van der Waals surface area contributed by atoms with Gasteiger partial charge in [-0.2, -0.15) is 0 Å². The first-order chi connectivity index (χ1) is 9.20. The molecule has 1 aromatic heterocycles. The first-order valence-corrected chi connectivity index (χ1v) is 6.60. The Hall–Kier alpha value is -1.74. The second kappa shape index (κ2) is 6.43. The predicted octanol–water partition coefficient (Wildman–Crippen LogP) is 3.42. The van der Waals surface area contributed by atoms with Crippen molar-refractivity contribution in [1.29, 1.82) is 0 Å². The van der Waals surface area contributed by atoms with Gasteiger partial charge < -0.3 is 5.32 Å². The quantitative estimate of drug-likeness (QED) is 0.888. The van der Waals surface area contributed by atoms with E-state index < -0.39 is 0 Å². The average Bonchev–Trinajstić information content (AvgIpc) is 2.39. The molecule has 0 saturated heterocycles. The van der Waals surface area contributed by atoms with Crippen LogP contribution >= 0.6 is 0 Å². The maximum atomic E-state index is 13.3. The largest absolute Gasteiger partial charge is 0.310 e. The molecule has 0 radical (unpaired) electrons. The number of likely N-dealkylation sites (N-methyl/N-ethyl adjacent to an activating group) is 1. The van der Waals surface area contributed by atoms with Crippen molar-refractivity contribution in [3.8, 4) is 0 Å². The van der Waals surface area contributed by atoms with E-state index in [0.717, 1.165) is 24.2 Å². The average molecular weight is 258 g/mol. The Kier molecular flexibility index (Phi) is 4.63. The molecule has 19 heavy (non-hydrogen) atoms. The first kappa shape index (κ1) is 13.7. The molecule has 1 heterocycles. The topological polar surface area (TPSA) is 24.9 Å². The van der Waals surface area contributed by atoms with E-state index in [1.807, 2.05) is 19.1 Å². The summed E-state index contributed by atoms with van der Waals surface area (Å²) < 4.78 is 13.3. The number of nitrogens with one attached hydrogen (secondary N) is 1. The van der Waals surface area contributed by atoms with Crippen molar-refractivity contribution in [2.45, 2.75) is 26.3 Å². The van der Waals surface area contributed by atoms with Crippen LogP contribution in [0.2, 0.25) is 0 Å². The fraction of sp³-hybridized carbons (Fsp3) is 0.312. The number of pyridine rings is 1. The highest BCUT2D eigenvalue weighted by atomic mass is 19.1. The summed E-state index contributed by atoms with van der Waals surface area (Å²) in [6.45, 7) is 4.95. The zero-order valence-corrected chi connectivity index (χ0v) is 11.4. The van der Waals surface area contributed by atoms with Gasteiger partial charge in [-0.15, -0.1) is 0 Å². The normalized spacial score (nSPS) is 12.4. The van der Waals surface area contributed by atoms with E-state index in [1.165, 1.54) is 11.6 Å². The van der Waals surface area contributed by atoms with Crippen LogP contribution in [0.1, 0.15) is 29.8 Å². The van der Waals surface area contributed by atoms with Crippen LogP contribution in [-0.4, -0.2) is 11.5 Å². The Morgan fingerprint density at radius 1 is 1.26 bits per heavy atom. The van der Waals surface area contributed by atoms with Crippen LogP contribution in [0.15, 0.2) is 42.6 Å². The molecular formula is C16H19FN2. The summed E-state index contributed by atoms with van der Waals surface area (Å²) >= 11 is 0. The monoisotopic (exact) mass is 258 g/mol. The van der Waals surface area contributed by atoms with Crippen molar-refractivity contribution in [3.63, 3.8) is 0 Å². The van der Waals surface area contributed by atoms with Crippen molar-refractivity contribution >= 4 is 0 Å². The molecule has 0 fully saturated rings. The molecule has 1 atom stereocenters. The van der Waals surface area contributed by atoms with Crippen molar-refractivity contribution < 1.29 is 4.39 Å². The van der Waals surface area contributed by atoms with Crippen molar-refractivity contribution in [2.75, 3.05) is 6.54 Å². The number of rotatable bonds is 5. The molecule has 0 saturated carbocycles. The van der Waals surface area contributed by atoms with Gasteiger partial charge in [0.05, 0.1) is 0 Å². The SMILES string of the molecule is CCNC(Cc1cccc(F)c1)c1cccnc1C. The Morgan fingerprint density at radius 3 is 2.79 bits per heavy atom. The fourth-order valence-corrected chi connectivity index (χ4v) is 2.30. The second-order valence-corrected chi connectivity index (χ2v) is 4.62. The molecule has 1 aromatic carbocycles. The number of nitrogens with zero attached hydrogens (tertiary/aromatic N) is 1. The van der Waals surface area contributed by atoms with Crippen molar-refractivity contribution in [3.05, 3.63) is 65.2 Å². The maximum absolute atomic E-state index is 13.3. The summed E-state index contributed by atoms with van der Waals surface area (Å²) in [4.78, 5) is 4.33. The first-order valence-electron chi connectivity index (χ1n) is 6.60. The molecule has 1 unspecified atom stereocenters. The number of aryl methyl sites for hydroxylation is 1. The summed E-state index contributed by atoms with van der Waals surface area (Å²) in [5.41, 5.74) is 3.19. The Bertz CT molecular complexity index is 540. The molecule has 2 aromatic rings. The van der Waals surface area contributed by atoms with Crippen LogP contribution in [0.25, 0.3) is 0 Å². The van der Waals surface area contributed by atoms with E-state index in [9.17, 15) is 4.39 Å². The van der Waals surface area contributed by atoms with Crippen LogP contribution in [0.3, 0.4) is 0 Å². The van der Waals surface area contributed by atoms with Crippen LogP contribution in [0, 0.1) is 12.7 Å². The summed E-state index contributed by atoms with van der Waals surface area (Å²) in [6, 6.07) is 11.0. The van der Waals surface area contributed by atoms with Gasteiger partial charge in [0.15, 0.2) is 0 Å². The molecule has 3 heteroatoms. The summed E-state index contributed by atoms with van der Waals surface area (Å²) in [7, 11) is 0. The zero-order valence-electron chi connectivity index (χ0n) is 11.4. The number of hydrogen-bond donors (Lipinski definition) is 1. The van der Waals surface area contributed by atoms with Gasteiger partial charge in [-0.3, -0.25) is 4.98 Å². The third kappa shape index (κ3) is 3.61. The summed E-state index contributed by atoms with van der Waals surface area (Å²) in [6.07, 6.45) is 2.56. The van der Waals surface area contributed by atoms with Gasteiger partial charge in [-0.25, -0.2) is 4.39 Å². The molecule has 2 nitrogen and oxygen atoms in total. The van der Waals surface area contributed by atoms with E-state index in [-0.39, 0.29) is 11.9 Å². The lowest BCUT2D eigenvalue weighted by atomic mass is 9.98. The van der Waals surface area contributed by atoms with Crippen LogP contribution in [-0.2, 0) is 6.42 Å². The lowest BCUT2D eigenvalue weighted by Gasteiger charge is -2.20. The molecular weight excluding hydrogens is 239 g/mol. The van der Waals surface area contributed by atoms with Gasteiger partial charge >= 0.3 is 0 Å². The van der Waals surface area contributed by atoms with Gasteiger partial charge in [0.2, 0.25) is 0 Å². The molecule has 2 rings (SSSR count). The third-order valence-electron chi connectivity index (χ3n) is 3.20. The van der Waals surface area contributed by atoms with Gasteiger partial charge in [-0.1, -0.05) is 25.1 Å². The minimum atomic E-state index is -0.185. The number of benzene rings is 1. The highest BCUT2D eigenvalue weighted by molar-refractivity contribution is 5.26. The van der Waals surface area contributed by atoms with Gasteiger partial charge in [0, 0.05) is 17.9 Å². The van der Waals surface area contributed by atoms with Crippen LogP contribution < -0.4 is 5.32 Å². The Balaban J connectivity index is 2.24. The minimum Gasteiger partial charge on any atom is -0.310 e. The Morgan fingerprint density at radius 2 is 2.11 bits per heavy atom. The van der Waals surface area contributed by atoms with Crippen LogP contribution in [0.5, 0.6) is 0 Å². The maximum Gasteiger partial charge on any atom is 0.123 e. The molecule has 1 N–H and O–H groups in total. The van der Waals surface area contributed by atoms with E-state index >= 15 is 0 Å². The highest BCUT2D eigenvalue weighted by Crippen LogP contribution is 2.20. The van der Waals surface area contributed by atoms with E-state index in [1.54, 1.807) is 18.3 Å². The molecule has 100 valence electrons. The van der Waals surface area contributed by atoms with E-state index in [2.05, 4.69) is 23.3 Å². The predicted molar refractivity (Wildman–Crippen MR) is 75.5 cm³/mol. The standard InChI is InChI=1S/C16H19FN2/c1-3-18-16(15-8-5-9-19-12(15)2)11-13-6-4-7-14(17)10-13/h4-10,16,18H,3,11H2,1-2H3. The molecule has 0 aliphatic rings. The summed E-state index contributed by atoms with van der Waals surface area (Å²) in [5.74, 6) is -0.185. The molecule has 0 bridgehead atoms. The fourth-order valence-electron chi connectivity index (χ4n) is 2.30. The third-order valence-corrected chi connectivity index (χ3v) is 3.20. The van der Waals surface area contributed by atoms with Crippen LogP contribution in [0.4, 0.5) is 4.39 Å². The zero-order chi connectivity index (χ0) is 13.7. The molecule has 0 aliphatic carbocycles. The minimum absolute atomic E-state index is 0.167. The molecule has 0 spiro atoms.